The molecule has 1 aliphatic heterocycles. The third-order valence-corrected chi connectivity index (χ3v) is 3.54. The molecule has 2 N–H and O–H groups in total. The van der Waals surface area contributed by atoms with Gasteiger partial charge in [-0.25, -0.2) is 0 Å². The van der Waals surface area contributed by atoms with Gasteiger partial charge in [0.05, 0.1) is 11.3 Å². The Kier molecular flexibility index (Phi) is 4.46. The first-order valence-electron chi connectivity index (χ1n) is 6.38. The van der Waals surface area contributed by atoms with Crippen molar-refractivity contribution in [3.05, 3.63) is 28.8 Å². The highest BCUT2D eigenvalue weighted by molar-refractivity contribution is 6.30. The van der Waals surface area contributed by atoms with Gasteiger partial charge in [0, 0.05) is 17.1 Å². The fourth-order valence-electron chi connectivity index (χ4n) is 2.44. The molecule has 96 valence electrons. The lowest BCUT2D eigenvalue weighted by atomic mass is 10.1. The van der Waals surface area contributed by atoms with E-state index in [-0.39, 0.29) is 0 Å². The van der Waals surface area contributed by atoms with Crippen molar-refractivity contribution in [1.82, 2.24) is 5.32 Å². The lowest BCUT2D eigenvalue weighted by molar-refractivity contribution is 0.523. The van der Waals surface area contributed by atoms with Crippen molar-refractivity contribution in [2.75, 3.05) is 11.9 Å². The first-order valence-corrected chi connectivity index (χ1v) is 6.76. The summed E-state index contributed by atoms with van der Waals surface area (Å²) in [5, 5.41) is 16.6. The average Bonchev–Trinajstić information content (AvgIpc) is 2.82. The average molecular weight is 264 g/mol. The topological polar surface area (TPSA) is 47.8 Å². The molecule has 0 radical (unpaired) electrons. The van der Waals surface area contributed by atoms with Gasteiger partial charge in [0.1, 0.15) is 6.07 Å². The van der Waals surface area contributed by atoms with Crippen molar-refractivity contribution in [2.45, 2.75) is 38.3 Å². The van der Waals surface area contributed by atoms with Gasteiger partial charge in [-0.15, -0.1) is 0 Å². The molecular weight excluding hydrogens is 246 g/mol. The molecule has 0 spiro atoms. The van der Waals surface area contributed by atoms with Gasteiger partial charge in [-0.1, -0.05) is 11.6 Å². The summed E-state index contributed by atoms with van der Waals surface area (Å²) >= 11 is 5.97. The van der Waals surface area contributed by atoms with Crippen molar-refractivity contribution in [3.63, 3.8) is 0 Å². The maximum absolute atomic E-state index is 9.06. The smallest absolute Gasteiger partial charge is 0.101 e. The molecule has 2 rings (SSSR count). The van der Waals surface area contributed by atoms with Crippen molar-refractivity contribution >= 4 is 17.3 Å². The molecule has 0 aromatic heterocycles. The van der Waals surface area contributed by atoms with Crippen LogP contribution < -0.4 is 10.6 Å². The minimum absolute atomic E-state index is 0.325. The molecule has 3 nitrogen and oxygen atoms in total. The maximum Gasteiger partial charge on any atom is 0.101 e. The van der Waals surface area contributed by atoms with Crippen LogP contribution in [0.3, 0.4) is 0 Å². The van der Waals surface area contributed by atoms with Gasteiger partial charge >= 0.3 is 0 Å². The second-order valence-corrected chi connectivity index (χ2v) is 5.31. The monoisotopic (exact) mass is 263 g/mol. The summed E-state index contributed by atoms with van der Waals surface area (Å²) in [5.41, 5.74) is 1.47. The zero-order chi connectivity index (χ0) is 13.0. The normalized spacial score (nSPS) is 20.4. The van der Waals surface area contributed by atoms with E-state index in [1.807, 2.05) is 6.07 Å². The standard InChI is InChI=1S/C14H18ClN3/c1-10(7-13-3-2-6-17-13)18-14-8-12(15)5-4-11(14)9-16/h4-5,8,10,13,17-18H,2-3,6-7H2,1H3. The number of nitrogens with one attached hydrogen (secondary N) is 2. The van der Waals surface area contributed by atoms with Gasteiger partial charge in [-0.2, -0.15) is 5.26 Å². The highest BCUT2D eigenvalue weighted by Gasteiger charge is 2.17. The Bertz CT molecular complexity index is 447. The third-order valence-electron chi connectivity index (χ3n) is 3.30. The van der Waals surface area contributed by atoms with E-state index in [4.69, 9.17) is 16.9 Å². The van der Waals surface area contributed by atoms with E-state index in [9.17, 15) is 0 Å². The van der Waals surface area contributed by atoms with Crippen LogP contribution in [0.25, 0.3) is 0 Å². The van der Waals surface area contributed by atoms with Crippen LogP contribution in [-0.4, -0.2) is 18.6 Å². The molecule has 2 atom stereocenters. The molecular formula is C14H18ClN3. The third kappa shape index (κ3) is 3.38. The Labute approximate surface area is 113 Å². The van der Waals surface area contributed by atoms with E-state index in [0.29, 0.717) is 22.7 Å². The van der Waals surface area contributed by atoms with Crippen LogP contribution in [0, 0.1) is 11.3 Å². The number of benzene rings is 1. The number of nitrogens with zero attached hydrogens (tertiary/aromatic N) is 1. The van der Waals surface area contributed by atoms with Gasteiger partial charge in [0.2, 0.25) is 0 Å². The summed E-state index contributed by atoms with van der Waals surface area (Å²) in [5.74, 6) is 0. The molecule has 1 aliphatic rings. The Morgan fingerprint density at radius 2 is 2.44 bits per heavy atom. The Morgan fingerprint density at radius 1 is 1.61 bits per heavy atom. The van der Waals surface area contributed by atoms with Gasteiger partial charge in [0.25, 0.3) is 0 Å². The van der Waals surface area contributed by atoms with E-state index >= 15 is 0 Å². The van der Waals surface area contributed by atoms with Gasteiger partial charge in [0.15, 0.2) is 0 Å². The van der Waals surface area contributed by atoms with Crippen LogP contribution in [0.2, 0.25) is 5.02 Å². The number of hydrogen-bond donors (Lipinski definition) is 2. The lowest BCUT2D eigenvalue weighted by Crippen LogP contribution is -2.29. The van der Waals surface area contributed by atoms with Crippen LogP contribution in [-0.2, 0) is 0 Å². The first-order chi connectivity index (χ1) is 8.69. The molecule has 1 aromatic rings. The molecule has 1 fully saturated rings. The van der Waals surface area contributed by atoms with Crippen LogP contribution >= 0.6 is 11.6 Å². The van der Waals surface area contributed by atoms with E-state index < -0.39 is 0 Å². The Morgan fingerprint density at radius 3 is 3.11 bits per heavy atom. The molecule has 18 heavy (non-hydrogen) atoms. The number of rotatable bonds is 4. The van der Waals surface area contributed by atoms with Crippen LogP contribution in [0.4, 0.5) is 5.69 Å². The zero-order valence-corrected chi connectivity index (χ0v) is 11.3. The van der Waals surface area contributed by atoms with Crippen molar-refractivity contribution in [2.24, 2.45) is 0 Å². The molecule has 0 saturated carbocycles. The highest BCUT2D eigenvalue weighted by atomic mass is 35.5. The molecule has 2 unspecified atom stereocenters. The van der Waals surface area contributed by atoms with Crippen molar-refractivity contribution < 1.29 is 0 Å². The summed E-state index contributed by atoms with van der Waals surface area (Å²) in [6.45, 7) is 3.26. The highest BCUT2D eigenvalue weighted by Crippen LogP contribution is 2.22. The summed E-state index contributed by atoms with van der Waals surface area (Å²) in [4.78, 5) is 0. The molecule has 0 bridgehead atoms. The molecule has 1 saturated heterocycles. The Balaban J connectivity index is 1.99. The fraction of sp³-hybridized carbons (Fsp3) is 0.500. The fourth-order valence-corrected chi connectivity index (χ4v) is 2.61. The molecule has 1 aromatic carbocycles. The zero-order valence-electron chi connectivity index (χ0n) is 10.5. The van der Waals surface area contributed by atoms with Gasteiger partial charge < -0.3 is 10.6 Å². The van der Waals surface area contributed by atoms with Crippen molar-refractivity contribution in [1.29, 1.82) is 5.26 Å². The second-order valence-electron chi connectivity index (χ2n) is 4.88. The molecule has 1 heterocycles. The predicted molar refractivity (Wildman–Crippen MR) is 74.9 cm³/mol. The number of halogens is 1. The quantitative estimate of drug-likeness (QED) is 0.877. The minimum atomic E-state index is 0.325. The Hall–Kier alpha value is -1.24. The lowest BCUT2D eigenvalue weighted by Gasteiger charge is -2.20. The molecule has 0 amide bonds. The maximum atomic E-state index is 9.06. The van der Waals surface area contributed by atoms with Crippen LogP contribution in [0.15, 0.2) is 18.2 Å². The minimum Gasteiger partial charge on any atom is -0.381 e. The van der Waals surface area contributed by atoms with Gasteiger partial charge in [-0.3, -0.25) is 0 Å². The van der Waals surface area contributed by atoms with E-state index in [1.54, 1.807) is 12.1 Å². The van der Waals surface area contributed by atoms with Crippen LogP contribution in [0.5, 0.6) is 0 Å². The predicted octanol–water partition coefficient (Wildman–Crippen LogP) is 3.15. The summed E-state index contributed by atoms with van der Waals surface area (Å²) in [6, 6.07) is 8.42. The number of hydrogen-bond acceptors (Lipinski definition) is 3. The first kappa shape index (κ1) is 13.2. The summed E-state index contributed by atoms with van der Waals surface area (Å²) < 4.78 is 0. The summed E-state index contributed by atoms with van der Waals surface area (Å²) in [6.07, 6.45) is 3.57. The number of anilines is 1. The summed E-state index contributed by atoms with van der Waals surface area (Å²) in [7, 11) is 0. The largest absolute Gasteiger partial charge is 0.381 e. The van der Waals surface area contributed by atoms with E-state index in [0.717, 1.165) is 18.7 Å². The molecule has 0 aliphatic carbocycles. The SMILES string of the molecule is CC(CC1CCCN1)Nc1cc(Cl)ccc1C#N. The van der Waals surface area contributed by atoms with E-state index in [2.05, 4.69) is 23.6 Å². The second kappa shape index (κ2) is 6.08. The van der Waals surface area contributed by atoms with Crippen molar-refractivity contribution in [3.8, 4) is 6.07 Å². The van der Waals surface area contributed by atoms with E-state index in [1.165, 1.54) is 12.8 Å². The van der Waals surface area contributed by atoms with Crippen LogP contribution in [0.1, 0.15) is 31.7 Å². The number of nitriles is 1. The molecule has 4 heteroatoms. The van der Waals surface area contributed by atoms with Gasteiger partial charge in [-0.05, 0) is 50.9 Å².